The normalized spacial score (nSPS) is 20.3. The summed E-state index contributed by atoms with van der Waals surface area (Å²) in [6.07, 6.45) is 9.57. The number of carbonyl (C=O) groups is 1. The molecule has 6 rings (SSSR count). The van der Waals surface area contributed by atoms with E-state index in [0.29, 0.717) is 12.6 Å². The van der Waals surface area contributed by atoms with E-state index in [1.807, 2.05) is 17.3 Å². The van der Waals surface area contributed by atoms with Crippen LogP contribution in [-0.4, -0.2) is 69.7 Å². The molecule has 35 heavy (non-hydrogen) atoms. The van der Waals surface area contributed by atoms with Gasteiger partial charge >= 0.3 is 0 Å². The Balaban J connectivity index is 1.30. The molecule has 7 heteroatoms. The standard InChI is InChI=1S/C28H36N6O/c1-20(35)33-16-10-27-26(19-33)28(24-4-2-3-22-7-13-30-17-25(22)24)31-34(27)23-8-14-32(15-9-23)18-21-5-11-29-12-6-21/h2-4,7,13,17,21,23,29H,5-6,8-12,14-16,18-19H2,1H3. The first kappa shape index (κ1) is 22.7. The summed E-state index contributed by atoms with van der Waals surface area (Å²) < 4.78 is 2.35. The van der Waals surface area contributed by atoms with Gasteiger partial charge in [-0.25, -0.2) is 0 Å². The zero-order valence-corrected chi connectivity index (χ0v) is 20.7. The summed E-state index contributed by atoms with van der Waals surface area (Å²) in [5.41, 5.74) is 4.70. The fourth-order valence-electron chi connectivity index (χ4n) is 6.33. The van der Waals surface area contributed by atoms with Gasteiger partial charge in [0.05, 0.1) is 11.7 Å². The molecule has 0 aliphatic carbocycles. The van der Waals surface area contributed by atoms with Gasteiger partial charge in [0.25, 0.3) is 0 Å². The molecule has 7 nitrogen and oxygen atoms in total. The fourth-order valence-corrected chi connectivity index (χ4v) is 6.33. The van der Waals surface area contributed by atoms with Crippen LogP contribution in [0.15, 0.2) is 36.7 Å². The Bertz CT molecular complexity index is 1200. The Morgan fingerprint density at radius 2 is 1.91 bits per heavy atom. The lowest BCUT2D eigenvalue weighted by molar-refractivity contribution is -0.129. The Labute approximate surface area is 207 Å². The Morgan fingerprint density at radius 3 is 2.71 bits per heavy atom. The van der Waals surface area contributed by atoms with Crippen LogP contribution >= 0.6 is 0 Å². The third-order valence-corrected chi connectivity index (χ3v) is 8.35. The van der Waals surface area contributed by atoms with Crippen LogP contribution in [0.5, 0.6) is 0 Å². The van der Waals surface area contributed by atoms with Crippen molar-refractivity contribution < 1.29 is 4.79 Å². The molecule has 2 saturated heterocycles. The maximum Gasteiger partial charge on any atom is 0.219 e. The van der Waals surface area contributed by atoms with Gasteiger partial charge in [-0.3, -0.25) is 14.5 Å². The lowest BCUT2D eigenvalue weighted by atomic mass is 9.95. The number of nitrogens with one attached hydrogen (secondary N) is 1. The summed E-state index contributed by atoms with van der Waals surface area (Å²) in [7, 11) is 0. The van der Waals surface area contributed by atoms with Crippen molar-refractivity contribution in [2.24, 2.45) is 5.92 Å². The summed E-state index contributed by atoms with van der Waals surface area (Å²) in [6, 6.07) is 8.88. The van der Waals surface area contributed by atoms with Crippen LogP contribution in [0.1, 0.15) is 49.9 Å². The van der Waals surface area contributed by atoms with E-state index in [4.69, 9.17) is 5.10 Å². The second-order valence-corrected chi connectivity index (χ2v) is 10.5. The number of piperidine rings is 2. The first-order valence-corrected chi connectivity index (χ1v) is 13.3. The third kappa shape index (κ3) is 4.47. The summed E-state index contributed by atoms with van der Waals surface area (Å²) in [5, 5.41) is 11.1. The fraction of sp³-hybridized carbons (Fsp3) is 0.536. The molecule has 0 atom stereocenters. The van der Waals surface area contributed by atoms with Crippen LogP contribution in [0.4, 0.5) is 0 Å². The smallest absolute Gasteiger partial charge is 0.219 e. The number of carbonyl (C=O) groups excluding carboxylic acids is 1. The minimum atomic E-state index is 0.139. The zero-order chi connectivity index (χ0) is 23.8. The number of likely N-dealkylation sites (tertiary alicyclic amines) is 1. The number of amides is 1. The van der Waals surface area contributed by atoms with Crippen molar-refractivity contribution in [1.82, 2.24) is 29.9 Å². The molecule has 0 bridgehead atoms. The largest absolute Gasteiger partial charge is 0.338 e. The highest BCUT2D eigenvalue weighted by molar-refractivity contribution is 5.96. The Morgan fingerprint density at radius 1 is 1.09 bits per heavy atom. The van der Waals surface area contributed by atoms with E-state index in [1.54, 1.807) is 6.92 Å². The van der Waals surface area contributed by atoms with Crippen LogP contribution in [0.2, 0.25) is 0 Å². The van der Waals surface area contributed by atoms with E-state index in [-0.39, 0.29) is 5.91 Å². The Kier molecular flexibility index (Phi) is 6.29. The molecule has 184 valence electrons. The average molecular weight is 473 g/mol. The predicted octanol–water partition coefficient (Wildman–Crippen LogP) is 3.64. The minimum Gasteiger partial charge on any atom is -0.338 e. The number of hydrogen-bond acceptors (Lipinski definition) is 5. The zero-order valence-electron chi connectivity index (χ0n) is 20.7. The number of nitrogens with zero attached hydrogens (tertiary/aromatic N) is 5. The van der Waals surface area contributed by atoms with E-state index in [0.717, 1.165) is 61.5 Å². The predicted molar refractivity (Wildman–Crippen MR) is 138 cm³/mol. The van der Waals surface area contributed by atoms with Crippen molar-refractivity contribution in [3.05, 3.63) is 47.9 Å². The number of hydrogen-bond donors (Lipinski definition) is 1. The molecule has 3 aromatic rings. The molecule has 2 fully saturated rings. The lowest BCUT2D eigenvalue weighted by Crippen LogP contribution is -2.41. The van der Waals surface area contributed by atoms with E-state index < -0.39 is 0 Å². The number of fused-ring (bicyclic) bond motifs is 2. The maximum atomic E-state index is 12.3. The van der Waals surface area contributed by atoms with Gasteiger partial charge in [-0.15, -0.1) is 0 Å². The molecule has 1 aromatic carbocycles. The van der Waals surface area contributed by atoms with E-state index in [2.05, 4.69) is 44.1 Å². The van der Waals surface area contributed by atoms with Gasteiger partial charge in [0, 0.05) is 80.7 Å². The molecule has 1 amide bonds. The van der Waals surface area contributed by atoms with Gasteiger partial charge in [-0.05, 0) is 56.1 Å². The summed E-state index contributed by atoms with van der Waals surface area (Å²) in [4.78, 5) is 21.3. The number of pyridine rings is 1. The van der Waals surface area contributed by atoms with Crippen LogP contribution in [-0.2, 0) is 17.8 Å². The molecule has 1 N–H and O–H groups in total. The molecule has 0 unspecified atom stereocenters. The van der Waals surface area contributed by atoms with Gasteiger partial charge in [-0.2, -0.15) is 5.10 Å². The number of aromatic nitrogens is 3. The third-order valence-electron chi connectivity index (χ3n) is 8.35. The van der Waals surface area contributed by atoms with Gasteiger partial charge in [-0.1, -0.05) is 18.2 Å². The van der Waals surface area contributed by atoms with Crippen LogP contribution in [0.25, 0.3) is 22.0 Å². The molecule has 0 saturated carbocycles. The molecule has 0 spiro atoms. The first-order chi connectivity index (χ1) is 17.2. The number of rotatable bonds is 4. The first-order valence-electron chi connectivity index (χ1n) is 13.3. The highest BCUT2D eigenvalue weighted by Gasteiger charge is 2.31. The van der Waals surface area contributed by atoms with Gasteiger partial charge in [0.1, 0.15) is 0 Å². The van der Waals surface area contributed by atoms with Gasteiger partial charge in [0.15, 0.2) is 0 Å². The topological polar surface area (TPSA) is 66.3 Å². The lowest BCUT2D eigenvalue weighted by Gasteiger charge is -2.36. The molecular formula is C28H36N6O. The minimum absolute atomic E-state index is 0.139. The van der Waals surface area contributed by atoms with E-state index in [1.165, 1.54) is 49.1 Å². The second-order valence-electron chi connectivity index (χ2n) is 10.5. The second kappa shape index (κ2) is 9.70. The molecular weight excluding hydrogens is 436 g/mol. The summed E-state index contributed by atoms with van der Waals surface area (Å²) in [6.45, 7) is 8.98. The quantitative estimate of drug-likeness (QED) is 0.628. The molecule has 0 radical (unpaired) electrons. The monoisotopic (exact) mass is 472 g/mol. The van der Waals surface area contributed by atoms with Gasteiger partial charge < -0.3 is 15.1 Å². The molecule has 2 aromatic heterocycles. The van der Waals surface area contributed by atoms with Crippen molar-refractivity contribution in [1.29, 1.82) is 0 Å². The molecule has 3 aliphatic heterocycles. The van der Waals surface area contributed by atoms with Crippen molar-refractivity contribution in [3.8, 4) is 11.3 Å². The van der Waals surface area contributed by atoms with Crippen LogP contribution in [0, 0.1) is 5.92 Å². The summed E-state index contributed by atoms with van der Waals surface area (Å²) >= 11 is 0. The molecule has 3 aliphatic rings. The van der Waals surface area contributed by atoms with Crippen LogP contribution in [0.3, 0.4) is 0 Å². The molecule has 5 heterocycles. The van der Waals surface area contributed by atoms with Crippen LogP contribution < -0.4 is 5.32 Å². The van der Waals surface area contributed by atoms with E-state index in [9.17, 15) is 4.79 Å². The van der Waals surface area contributed by atoms with Crippen molar-refractivity contribution >= 4 is 16.7 Å². The highest BCUT2D eigenvalue weighted by Crippen LogP contribution is 2.37. The SMILES string of the molecule is CC(=O)N1CCc2c(c(-c3cccc4ccncc34)nn2C2CCN(CC3CCNCC3)CC2)C1. The highest BCUT2D eigenvalue weighted by atomic mass is 16.2. The summed E-state index contributed by atoms with van der Waals surface area (Å²) in [5.74, 6) is 0.981. The van der Waals surface area contributed by atoms with Gasteiger partial charge in [0.2, 0.25) is 5.91 Å². The number of benzene rings is 1. The van der Waals surface area contributed by atoms with Crippen molar-refractivity contribution in [2.45, 2.75) is 51.6 Å². The van der Waals surface area contributed by atoms with Crippen molar-refractivity contribution in [2.75, 3.05) is 39.3 Å². The maximum absolute atomic E-state index is 12.3. The average Bonchev–Trinajstić information content (AvgIpc) is 3.28. The Hall–Kier alpha value is -2.77. The van der Waals surface area contributed by atoms with Crippen molar-refractivity contribution in [3.63, 3.8) is 0 Å². The van der Waals surface area contributed by atoms with E-state index >= 15 is 0 Å².